The molecule has 0 N–H and O–H groups in total. The molecule has 1 nitrogen and oxygen atoms in total. The summed E-state index contributed by atoms with van der Waals surface area (Å²) in [5.74, 6) is 0. The van der Waals surface area contributed by atoms with E-state index in [4.69, 9.17) is 0 Å². The highest BCUT2D eigenvalue weighted by atomic mass is 31.2. The number of hydrogen-bond acceptors (Lipinski definition) is 1. The minimum atomic E-state index is -1.91. The van der Waals surface area contributed by atoms with E-state index in [0.29, 0.717) is 0 Å². The molecule has 0 aliphatic heterocycles. The molecule has 0 saturated heterocycles. The Labute approximate surface area is 175 Å². The van der Waals surface area contributed by atoms with Gasteiger partial charge in [-0.1, -0.05) is 78.9 Å². The van der Waals surface area contributed by atoms with E-state index < -0.39 is 7.26 Å². The van der Waals surface area contributed by atoms with Crippen LogP contribution in [-0.2, 0) is 6.16 Å². The highest BCUT2D eigenvalue weighted by Crippen LogP contribution is 2.59. The van der Waals surface area contributed by atoms with Gasteiger partial charge in [0.15, 0.2) is 0 Å². The molecule has 0 heterocycles. The second kappa shape index (κ2) is 8.64. The first-order valence-corrected chi connectivity index (χ1v) is 12.0. The molecule has 0 unspecified atom stereocenters. The maximum Gasteiger partial charge on any atom is 0.128 e. The molecule has 0 fully saturated rings. The predicted molar refractivity (Wildman–Crippen MR) is 130 cm³/mol. The van der Waals surface area contributed by atoms with Gasteiger partial charge in [0.25, 0.3) is 0 Å². The van der Waals surface area contributed by atoms with Crippen molar-refractivity contribution in [3.63, 3.8) is 0 Å². The van der Waals surface area contributed by atoms with Crippen molar-refractivity contribution >= 4 is 28.9 Å². The maximum atomic E-state index is 2.34. The third-order valence-electron chi connectivity index (χ3n) is 5.43. The lowest BCUT2D eigenvalue weighted by Gasteiger charge is -2.31. The first kappa shape index (κ1) is 19.4. The van der Waals surface area contributed by atoms with Gasteiger partial charge < -0.3 is 4.90 Å². The molecular formula is C27H27NP+. The van der Waals surface area contributed by atoms with Gasteiger partial charge >= 0.3 is 0 Å². The average Bonchev–Trinajstić information content (AvgIpc) is 2.79. The lowest BCUT2D eigenvalue weighted by atomic mass is 10.2. The Morgan fingerprint density at radius 1 is 0.552 bits per heavy atom. The van der Waals surface area contributed by atoms with Gasteiger partial charge in [0, 0.05) is 14.1 Å². The monoisotopic (exact) mass is 396 g/mol. The molecule has 0 amide bonds. The zero-order valence-corrected chi connectivity index (χ0v) is 18.0. The van der Waals surface area contributed by atoms with Crippen LogP contribution in [0.3, 0.4) is 0 Å². The summed E-state index contributed by atoms with van der Waals surface area (Å²) in [5.41, 5.74) is 2.67. The quantitative estimate of drug-likeness (QED) is 0.403. The van der Waals surface area contributed by atoms with Gasteiger partial charge in [0.05, 0.1) is 11.8 Å². The van der Waals surface area contributed by atoms with Crippen LogP contribution in [-0.4, -0.2) is 14.1 Å². The summed E-state index contributed by atoms with van der Waals surface area (Å²) in [6, 6.07) is 42.0. The molecule has 4 aromatic rings. The van der Waals surface area contributed by atoms with Crippen LogP contribution in [0, 0.1) is 0 Å². The van der Waals surface area contributed by atoms with Crippen molar-refractivity contribution < 1.29 is 0 Å². The van der Waals surface area contributed by atoms with Crippen molar-refractivity contribution in [1.29, 1.82) is 0 Å². The normalized spacial score (nSPS) is 11.2. The lowest BCUT2D eigenvalue weighted by Crippen LogP contribution is -2.35. The third-order valence-corrected chi connectivity index (χ3v) is 9.83. The van der Waals surface area contributed by atoms with Crippen LogP contribution in [0.4, 0.5) is 5.69 Å². The van der Waals surface area contributed by atoms with E-state index in [1.54, 1.807) is 0 Å². The number of benzene rings is 4. The number of rotatable bonds is 6. The summed E-state index contributed by atoms with van der Waals surface area (Å²) >= 11 is 0. The van der Waals surface area contributed by atoms with Crippen LogP contribution in [0.5, 0.6) is 0 Å². The largest absolute Gasteiger partial charge is 0.374 e. The Balaban J connectivity index is 2.07. The van der Waals surface area contributed by atoms with Gasteiger partial charge in [-0.2, -0.15) is 0 Å². The molecule has 4 rings (SSSR count). The summed E-state index contributed by atoms with van der Waals surface area (Å²) in [6.45, 7) is 0. The molecule has 4 aromatic carbocycles. The Hall–Kier alpha value is -2.89. The molecule has 0 atom stereocenters. The SMILES string of the molecule is CN(C)c1ccccc1[P+](Cc1ccccc1)(c1ccccc1)c1ccccc1. The molecule has 2 heteroatoms. The van der Waals surface area contributed by atoms with Gasteiger partial charge in [-0.15, -0.1) is 0 Å². The summed E-state index contributed by atoms with van der Waals surface area (Å²) in [7, 11) is 2.38. The fourth-order valence-electron chi connectivity index (χ4n) is 4.08. The maximum absolute atomic E-state index is 2.34. The number of nitrogens with zero attached hydrogens (tertiary/aromatic N) is 1. The van der Waals surface area contributed by atoms with E-state index in [0.717, 1.165) is 6.16 Å². The van der Waals surface area contributed by atoms with Gasteiger partial charge in [0.2, 0.25) is 0 Å². The molecule has 0 aliphatic carbocycles. The van der Waals surface area contributed by atoms with Crippen LogP contribution in [0.1, 0.15) is 5.56 Å². The molecule has 0 spiro atoms. The number of hydrogen-bond donors (Lipinski definition) is 0. The molecule has 0 radical (unpaired) electrons. The van der Waals surface area contributed by atoms with Gasteiger partial charge in [-0.05, 0) is 42.0 Å². The third kappa shape index (κ3) is 3.84. The van der Waals surface area contributed by atoms with E-state index in [2.05, 4.69) is 134 Å². The van der Waals surface area contributed by atoms with Crippen LogP contribution < -0.4 is 20.8 Å². The average molecular weight is 396 g/mol. The van der Waals surface area contributed by atoms with Gasteiger partial charge in [0.1, 0.15) is 23.2 Å². The van der Waals surface area contributed by atoms with Crippen LogP contribution in [0.15, 0.2) is 115 Å². The molecule has 0 saturated carbocycles. The summed E-state index contributed by atoms with van der Waals surface area (Å²) in [6.07, 6.45) is 1.01. The van der Waals surface area contributed by atoms with Crippen molar-refractivity contribution in [3.8, 4) is 0 Å². The van der Waals surface area contributed by atoms with Crippen molar-refractivity contribution in [2.24, 2.45) is 0 Å². The van der Waals surface area contributed by atoms with E-state index in [1.165, 1.54) is 27.2 Å². The molecule has 29 heavy (non-hydrogen) atoms. The van der Waals surface area contributed by atoms with E-state index >= 15 is 0 Å². The molecule has 0 aromatic heterocycles. The van der Waals surface area contributed by atoms with Crippen molar-refractivity contribution in [2.75, 3.05) is 19.0 Å². The summed E-state index contributed by atoms with van der Waals surface area (Å²) in [4.78, 5) is 2.25. The highest BCUT2D eigenvalue weighted by molar-refractivity contribution is 7.95. The zero-order chi connectivity index (χ0) is 20.1. The van der Waals surface area contributed by atoms with E-state index in [9.17, 15) is 0 Å². The predicted octanol–water partition coefficient (Wildman–Crippen LogP) is 5.25. The smallest absolute Gasteiger partial charge is 0.128 e. The van der Waals surface area contributed by atoms with Crippen LogP contribution in [0.2, 0.25) is 0 Å². The fraction of sp³-hybridized carbons (Fsp3) is 0.111. The first-order chi connectivity index (χ1) is 14.2. The first-order valence-electron chi connectivity index (χ1n) is 10.0. The summed E-state index contributed by atoms with van der Waals surface area (Å²) in [5, 5.41) is 4.28. The van der Waals surface area contributed by atoms with Gasteiger partial charge in [-0.25, -0.2) is 0 Å². The Kier molecular flexibility index (Phi) is 5.79. The van der Waals surface area contributed by atoms with Gasteiger partial charge in [-0.3, -0.25) is 0 Å². The standard InChI is InChI=1S/C27H27NP/c1-28(2)26-20-12-13-21-27(26)29(24-16-8-4-9-17-24,25-18-10-5-11-19-25)22-23-14-6-3-7-15-23/h3-21H,22H2,1-2H3/q+1. The minimum absolute atomic E-state index is 1.01. The minimum Gasteiger partial charge on any atom is -0.374 e. The van der Waals surface area contributed by atoms with E-state index in [-0.39, 0.29) is 0 Å². The Morgan fingerprint density at radius 2 is 1.00 bits per heavy atom. The zero-order valence-electron chi connectivity index (χ0n) is 17.1. The second-order valence-electron chi connectivity index (χ2n) is 7.51. The molecular weight excluding hydrogens is 369 g/mol. The highest BCUT2D eigenvalue weighted by Gasteiger charge is 2.47. The summed E-state index contributed by atoms with van der Waals surface area (Å²) < 4.78 is 0. The van der Waals surface area contributed by atoms with Crippen LogP contribution in [0.25, 0.3) is 0 Å². The number of para-hydroxylation sites is 1. The second-order valence-corrected chi connectivity index (χ2v) is 11.0. The van der Waals surface area contributed by atoms with Crippen LogP contribution >= 0.6 is 7.26 Å². The van der Waals surface area contributed by atoms with E-state index in [1.807, 2.05) is 0 Å². The Morgan fingerprint density at radius 3 is 1.52 bits per heavy atom. The fourth-order valence-corrected chi connectivity index (χ4v) is 8.60. The van der Waals surface area contributed by atoms with Crippen molar-refractivity contribution in [1.82, 2.24) is 0 Å². The molecule has 144 valence electrons. The topological polar surface area (TPSA) is 3.24 Å². The van der Waals surface area contributed by atoms with Crippen molar-refractivity contribution in [3.05, 3.63) is 121 Å². The number of anilines is 1. The molecule has 0 bridgehead atoms. The van der Waals surface area contributed by atoms with Crippen molar-refractivity contribution in [2.45, 2.75) is 6.16 Å². The lowest BCUT2D eigenvalue weighted by molar-refractivity contribution is 1.14. The molecule has 0 aliphatic rings. The Bertz CT molecular complexity index is 1000.